The number of hydrogen-bond donors (Lipinski definition) is 3. The van der Waals surface area contributed by atoms with E-state index >= 15 is 0 Å². The summed E-state index contributed by atoms with van der Waals surface area (Å²) in [6.45, 7) is 1.71. The molecule has 0 aliphatic heterocycles. The van der Waals surface area contributed by atoms with Crippen LogP contribution < -0.4 is 16.0 Å². The Kier molecular flexibility index (Phi) is 4.84. The number of nitrogens with one attached hydrogen (secondary N) is 3. The quantitative estimate of drug-likeness (QED) is 0.787. The first-order chi connectivity index (χ1) is 7.99. The van der Waals surface area contributed by atoms with E-state index in [-0.39, 0.29) is 5.91 Å². The van der Waals surface area contributed by atoms with Gasteiger partial charge in [0.15, 0.2) is 0 Å². The number of amides is 1. The van der Waals surface area contributed by atoms with Crippen LogP contribution >= 0.6 is 23.2 Å². The van der Waals surface area contributed by atoms with Crippen molar-refractivity contribution < 1.29 is 4.79 Å². The number of pyridine rings is 1. The first-order valence-corrected chi connectivity index (χ1v) is 5.77. The lowest BCUT2D eigenvalue weighted by molar-refractivity contribution is -0.121. The maximum Gasteiger partial charge on any atom is 0.241 e. The summed E-state index contributed by atoms with van der Waals surface area (Å²) in [6, 6.07) is 1.14. The van der Waals surface area contributed by atoms with Gasteiger partial charge >= 0.3 is 0 Å². The summed E-state index contributed by atoms with van der Waals surface area (Å²) in [5.74, 6) is 0.767. The van der Waals surface area contributed by atoms with Crippen LogP contribution in [0.3, 0.4) is 0 Å². The molecule has 1 rings (SSSR count). The molecule has 5 nitrogen and oxygen atoms in total. The maximum atomic E-state index is 11.4. The molecule has 1 unspecified atom stereocenters. The number of nitrogens with zero attached hydrogens (tertiary/aromatic N) is 1. The Balaban J connectivity index is 2.94. The average molecular weight is 277 g/mol. The van der Waals surface area contributed by atoms with E-state index in [1.54, 1.807) is 27.1 Å². The van der Waals surface area contributed by atoms with Gasteiger partial charge in [-0.25, -0.2) is 4.98 Å². The van der Waals surface area contributed by atoms with Crippen molar-refractivity contribution in [1.82, 2.24) is 10.3 Å². The lowest BCUT2D eigenvalue weighted by atomic mass is 10.3. The standard InChI is InChI=1S/C10H14Cl2N4O/c1-5(10(17)14-3)15-9-7(12)4-6(11)8(13-2)16-9/h4-5H,1-3H3,(H,14,17)(H2,13,15,16). The Hall–Kier alpha value is -1.20. The molecule has 0 aromatic carbocycles. The predicted octanol–water partition coefficient (Wildman–Crippen LogP) is 1.98. The molecule has 0 bridgehead atoms. The van der Waals surface area contributed by atoms with Gasteiger partial charge in [0.2, 0.25) is 5.91 Å². The van der Waals surface area contributed by atoms with Crippen LogP contribution in [0.15, 0.2) is 6.07 Å². The first kappa shape index (κ1) is 13.9. The number of carbonyl (C=O) groups excluding carboxylic acids is 1. The van der Waals surface area contributed by atoms with Gasteiger partial charge < -0.3 is 16.0 Å². The van der Waals surface area contributed by atoms with E-state index in [1.165, 1.54) is 0 Å². The number of anilines is 2. The van der Waals surface area contributed by atoms with Crippen molar-refractivity contribution in [2.45, 2.75) is 13.0 Å². The van der Waals surface area contributed by atoms with Crippen molar-refractivity contribution in [1.29, 1.82) is 0 Å². The van der Waals surface area contributed by atoms with Gasteiger partial charge in [-0.3, -0.25) is 4.79 Å². The minimum Gasteiger partial charge on any atom is -0.372 e. The van der Waals surface area contributed by atoms with Crippen LogP contribution in [0.1, 0.15) is 6.92 Å². The van der Waals surface area contributed by atoms with Gasteiger partial charge in [0.25, 0.3) is 0 Å². The van der Waals surface area contributed by atoms with Crippen molar-refractivity contribution in [2.75, 3.05) is 24.7 Å². The molecule has 1 aromatic heterocycles. The van der Waals surface area contributed by atoms with Crippen LogP contribution in [0.4, 0.5) is 11.6 Å². The Bertz CT molecular complexity index is 425. The first-order valence-electron chi connectivity index (χ1n) is 5.01. The highest BCUT2D eigenvalue weighted by atomic mass is 35.5. The van der Waals surface area contributed by atoms with Crippen LogP contribution in [0, 0.1) is 0 Å². The molecule has 0 radical (unpaired) electrons. The molecule has 1 heterocycles. The minimum absolute atomic E-state index is 0.149. The molecule has 0 fully saturated rings. The molecule has 0 aliphatic carbocycles. The second kappa shape index (κ2) is 5.93. The Morgan fingerprint density at radius 2 is 1.88 bits per heavy atom. The Labute approximate surface area is 110 Å². The minimum atomic E-state index is -0.434. The third kappa shape index (κ3) is 3.38. The van der Waals surface area contributed by atoms with E-state index < -0.39 is 6.04 Å². The zero-order valence-electron chi connectivity index (χ0n) is 9.77. The van der Waals surface area contributed by atoms with E-state index in [9.17, 15) is 4.79 Å². The Morgan fingerprint density at radius 3 is 2.41 bits per heavy atom. The monoisotopic (exact) mass is 276 g/mol. The zero-order chi connectivity index (χ0) is 13.0. The van der Waals surface area contributed by atoms with Crippen molar-refractivity contribution in [3.05, 3.63) is 16.1 Å². The van der Waals surface area contributed by atoms with Crippen molar-refractivity contribution in [2.24, 2.45) is 0 Å². The molecule has 1 aromatic rings. The highest BCUT2D eigenvalue weighted by Gasteiger charge is 2.14. The second-order valence-corrected chi connectivity index (χ2v) is 4.19. The normalized spacial score (nSPS) is 11.8. The lowest BCUT2D eigenvalue weighted by Crippen LogP contribution is -2.35. The van der Waals surface area contributed by atoms with Crippen molar-refractivity contribution in [3.63, 3.8) is 0 Å². The number of hydrogen-bond acceptors (Lipinski definition) is 4. The zero-order valence-corrected chi connectivity index (χ0v) is 11.3. The summed E-state index contributed by atoms with van der Waals surface area (Å²) >= 11 is 11.9. The molecule has 7 heteroatoms. The second-order valence-electron chi connectivity index (χ2n) is 3.38. The highest BCUT2D eigenvalue weighted by Crippen LogP contribution is 2.29. The largest absolute Gasteiger partial charge is 0.372 e. The number of likely N-dealkylation sites (N-methyl/N-ethyl adjacent to an activating group) is 1. The SMILES string of the molecule is CNC(=O)C(C)Nc1nc(NC)c(Cl)cc1Cl. The van der Waals surface area contributed by atoms with Gasteiger partial charge in [-0.15, -0.1) is 0 Å². The molecule has 3 N–H and O–H groups in total. The van der Waals surface area contributed by atoms with Gasteiger partial charge in [0.05, 0.1) is 10.0 Å². The number of aromatic nitrogens is 1. The fourth-order valence-electron chi connectivity index (χ4n) is 1.23. The molecule has 0 spiro atoms. The molecule has 0 aliphatic rings. The molecular weight excluding hydrogens is 263 g/mol. The van der Waals surface area contributed by atoms with Crippen LogP contribution in [0.25, 0.3) is 0 Å². The summed E-state index contributed by atoms with van der Waals surface area (Å²) in [5.41, 5.74) is 0. The van der Waals surface area contributed by atoms with E-state index in [0.29, 0.717) is 21.7 Å². The van der Waals surface area contributed by atoms with Gasteiger partial charge in [-0.1, -0.05) is 23.2 Å². The van der Waals surface area contributed by atoms with Gasteiger partial charge in [-0.2, -0.15) is 0 Å². The lowest BCUT2D eigenvalue weighted by Gasteiger charge is -2.15. The maximum absolute atomic E-state index is 11.4. The van der Waals surface area contributed by atoms with Gasteiger partial charge in [0.1, 0.15) is 17.7 Å². The van der Waals surface area contributed by atoms with Crippen LogP contribution in [0.5, 0.6) is 0 Å². The van der Waals surface area contributed by atoms with E-state index in [1.807, 2.05) is 0 Å². The summed E-state index contributed by atoms with van der Waals surface area (Å²) in [6.07, 6.45) is 0. The van der Waals surface area contributed by atoms with E-state index in [0.717, 1.165) is 0 Å². The van der Waals surface area contributed by atoms with Crippen molar-refractivity contribution in [3.8, 4) is 0 Å². The van der Waals surface area contributed by atoms with E-state index in [4.69, 9.17) is 23.2 Å². The van der Waals surface area contributed by atoms with Gasteiger partial charge in [0, 0.05) is 14.1 Å². The summed E-state index contributed by atoms with van der Waals surface area (Å²) in [5, 5.41) is 9.07. The third-order valence-electron chi connectivity index (χ3n) is 2.16. The molecule has 94 valence electrons. The highest BCUT2D eigenvalue weighted by molar-refractivity contribution is 6.37. The predicted molar refractivity (Wildman–Crippen MR) is 71.0 cm³/mol. The topological polar surface area (TPSA) is 66.0 Å². The van der Waals surface area contributed by atoms with Crippen LogP contribution in [-0.2, 0) is 4.79 Å². The third-order valence-corrected chi connectivity index (χ3v) is 2.74. The molecule has 1 amide bonds. The average Bonchev–Trinajstić information content (AvgIpc) is 2.31. The number of carbonyl (C=O) groups is 1. The smallest absolute Gasteiger partial charge is 0.241 e. The van der Waals surface area contributed by atoms with Crippen molar-refractivity contribution >= 4 is 40.7 Å². The molecule has 1 atom stereocenters. The molecule has 0 saturated carbocycles. The number of halogens is 2. The summed E-state index contributed by atoms with van der Waals surface area (Å²) in [7, 11) is 3.27. The number of rotatable bonds is 4. The molecular formula is C10H14Cl2N4O. The van der Waals surface area contributed by atoms with Crippen LogP contribution in [-0.4, -0.2) is 31.0 Å². The fourth-order valence-corrected chi connectivity index (χ4v) is 1.74. The summed E-state index contributed by atoms with van der Waals surface area (Å²) in [4.78, 5) is 15.5. The van der Waals surface area contributed by atoms with Gasteiger partial charge in [-0.05, 0) is 13.0 Å². The molecule has 17 heavy (non-hydrogen) atoms. The fraction of sp³-hybridized carbons (Fsp3) is 0.400. The molecule has 0 saturated heterocycles. The van der Waals surface area contributed by atoms with Crippen LogP contribution in [0.2, 0.25) is 10.0 Å². The van der Waals surface area contributed by atoms with E-state index in [2.05, 4.69) is 20.9 Å². The Morgan fingerprint density at radius 1 is 1.29 bits per heavy atom. The summed E-state index contributed by atoms with van der Waals surface area (Å²) < 4.78 is 0.